The standard InChI is InChI=1S/C13H17F2NO2/c1-9(11-3-2-10(14)6-12(11)15)16-7-13(17)4-5-18-8-13/h2-3,6,9,16-17H,4-5,7-8H2,1H3. The quantitative estimate of drug-likeness (QED) is 0.863. The van der Waals surface area contributed by atoms with E-state index in [9.17, 15) is 13.9 Å². The number of hydrogen-bond donors (Lipinski definition) is 2. The molecule has 1 saturated heterocycles. The highest BCUT2D eigenvalue weighted by Gasteiger charge is 2.32. The third-order valence-electron chi connectivity index (χ3n) is 3.25. The van der Waals surface area contributed by atoms with Gasteiger partial charge in [-0.05, 0) is 13.0 Å². The first kappa shape index (κ1) is 13.4. The summed E-state index contributed by atoms with van der Waals surface area (Å²) < 4.78 is 31.4. The van der Waals surface area contributed by atoms with E-state index in [4.69, 9.17) is 4.74 Å². The molecule has 2 unspecified atom stereocenters. The molecule has 0 saturated carbocycles. The fraction of sp³-hybridized carbons (Fsp3) is 0.538. The van der Waals surface area contributed by atoms with Crippen LogP contribution >= 0.6 is 0 Å². The summed E-state index contributed by atoms with van der Waals surface area (Å²) in [5.74, 6) is -1.17. The van der Waals surface area contributed by atoms with Crippen molar-refractivity contribution < 1.29 is 18.6 Å². The van der Waals surface area contributed by atoms with Gasteiger partial charge in [-0.15, -0.1) is 0 Å². The van der Waals surface area contributed by atoms with E-state index >= 15 is 0 Å². The molecule has 1 aliphatic rings. The SMILES string of the molecule is CC(NCC1(O)CCOC1)c1ccc(F)cc1F. The Labute approximate surface area is 105 Å². The molecule has 1 aliphatic heterocycles. The minimum absolute atomic E-state index is 0.290. The molecule has 3 nitrogen and oxygen atoms in total. The summed E-state index contributed by atoms with van der Waals surface area (Å²) in [5, 5.41) is 13.1. The Bertz CT molecular complexity index is 419. The van der Waals surface area contributed by atoms with Crippen LogP contribution in [-0.4, -0.2) is 30.5 Å². The van der Waals surface area contributed by atoms with E-state index in [1.807, 2.05) is 0 Å². The van der Waals surface area contributed by atoms with Crippen LogP contribution in [0.25, 0.3) is 0 Å². The van der Waals surface area contributed by atoms with Crippen molar-refractivity contribution in [3.8, 4) is 0 Å². The average Bonchev–Trinajstić information content (AvgIpc) is 2.74. The molecule has 1 aromatic rings. The second-order valence-electron chi connectivity index (χ2n) is 4.80. The van der Waals surface area contributed by atoms with Gasteiger partial charge in [0.1, 0.15) is 17.2 Å². The predicted molar refractivity (Wildman–Crippen MR) is 63.2 cm³/mol. The smallest absolute Gasteiger partial charge is 0.130 e. The van der Waals surface area contributed by atoms with E-state index in [2.05, 4.69) is 5.32 Å². The molecule has 100 valence electrons. The van der Waals surface area contributed by atoms with E-state index in [0.29, 0.717) is 31.7 Å². The summed E-state index contributed by atoms with van der Waals surface area (Å²) in [6, 6.07) is 3.21. The zero-order valence-electron chi connectivity index (χ0n) is 10.2. The number of aliphatic hydroxyl groups is 1. The molecule has 1 fully saturated rings. The van der Waals surface area contributed by atoms with E-state index in [1.165, 1.54) is 12.1 Å². The van der Waals surface area contributed by atoms with E-state index in [-0.39, 0.29) is 6.04 Å². The largest absolute Gasteiger partial charge is 0.386 e. The third kappa shape index (κ3) is 3.04. The normalized spacial score (nSPS) is 25.3. The predicted octanol–water partition coefficient (Wildman–Crippen LogP) is 1.77. The Kier molecular flexibility index (Phi) is 3.94. The highest BCUT2D eigenvalue weighted by Crippen LogP contribution is 2.21. The van der Waals surface area contributed by atoms with Gasteiger partial charge >= 0.3 is 0 Å². The van der Waals surface area contributed by atoms with Crippen molar-refractivity contribution in [2.45, 2.75) is 25.0 Å². The summed E-state index contributed by atoms with van der Waals surface area (Å²) in [7, 11) is 0. The van der Waals surface area contributed by atoms with Crippen molar-refractivity contribution in [1.29, 1.82) is 0 Å². The van der Waals surface area contributed by atoms with E-state index in [0.717, 1.165) is 6.07 Å². The van der Waals surface area contributed by atoms with Crippen molar-refractivity contribution in [3.05, 3.63) is 35.4 Å². The van der Waals surface area contributed by atoms with Gasteiger partial charge in [-0.1, -0.05) is 6.07 Å². The van der Waals surface area contributed by atoms with Crippen molar-refractivity contribution in [2.75, 3.05) is 19.8 Å². The van der Waals surface area contributed by atoms with Gasteiger partial charge in [0.15, 0.2) is 0 Å². The molecule has 2 atom stereocenters. The summed E-state index contributed by atoms with van der Waals surface area (Å²) in [6.45, 7) is 2.93. The lowest BCUT2D eigenvalue weighted by Gasteiger charge is -2.24. The van der Waals surface area contributed by atoms with Crippen molar-refractivity contribution in [1.82, 2.24) is 5.32 Å². The fourth-order valence-electron chi connectivity index (χ4n) is 2.04. The van der Waals surface area contributed by atoms with Gasteiger partial charge in [-0.2, -0.15) is 0 Å². The highest BCUT2D eigenvalue weighted by molar-refractivity contribution is 5.21. The van der Waals surface area contributed by atoms with Crippen LogP contribution in [0.15, 0.2) is 18.2 Å². The van der Waals surface area contributed by atoms with Gasteiger partial charge in [-0.3, -0.25) is 0 Å². The van der Waals surface area contributed by atoms with Gasteiger partial charge in [-0.25, -0.2) is 8.78 Å². The lowest BCUT2D eigenvalue weighted by molar-refractivity contribution is 0.0251. The second kappa shape index (κ2) is 5.30. The van der Waals surface area contributed by atoms with Crippen LogP contribution in [0.1, 0.15) is 24.9 Å². The lowest BCUT2D eigenvalue weighted by Crippen LogP contribution is -2.42. The molecule has 0 radical (unpaired) electrons. The van der Waals surface area contributed by atoms with Gasteiger partial charge in [0, 0.05) is 37.2 Å². The molecular formula is C13H17F2NO2. The Hall–Kier alpha value is -1.04. The lowest BCUT2D eigenvalue weighted by atomic mass is 10.0. The van der Waals surface area contributed by atoms with Crippen LogP contribution in [0.4, 0.5) is 8.78 Å². The summed E-state index contributed by atoms with van der Waals surface area (Å²) >= 11 is 0. The maximum atomic E-state index is 13.5. The molecule has 0 spiro atoms. The summed E-state index contributed by atoms with van der Waals surface area (Å²) in [6.07, 6.45) is 0.568. The Balaban J connectivity index is 1.97. The number of hydrogen-bond acceptors (Lipinski definition) is 3. The molecular weight excluding hydrogens is 240 g/mol. The van der Waals surface area contributed by atoms with Crippen LogP contribution < -0.4 is 5.32 Å². The van der Waals surface area contributed by atoms with E-state index in [1.54, 1.807) is 6.92 Å². The van der Waals surface area contributed by atoms with Gasteiger partial charge < -0.3 is 15.2 Å². The number of benzene rings is 1. The molecule has 5 heteroatoms. The van der Waals surface area contributed by atoms with Crippen LogP contribution in [0, 0.1) is 11.6 Å². The Morgan fingerprint density at radius 3 is 2.89 bits per heavy atom. The number of ether oxygens (including phenoxy) is 1. The van der Waals surface area contributed by atoms with Crippen molar-refractivity contribution in [3.63, 3.8) is 0 Å². The van der Waals surface area contributed by atoms with Crippen LogP contribution in [-0.2, 0) is 4.74 Å². The molecule has 2 N–H and O–H groups in total. The molecule has 1 aromatic carbocycles. The van der Waals surface area contributed by atoms with Crippen LogP contribution in [0.2, 0.25) is 0 Å². The fourth-order valence-corrected chi connectivity index (χ4v) is 2.04. The molecule has 1 heterocycles. The average molecular weight is 257 g/mol. The molecule has 0 amide bonds. The monoisotopic (exact) mass is 257 g/mol. The summed E-state index contributed by atoms with van der Waals surface area (Å²) in [4.78, 5) is 0. The van der Waals surface area contributed by atoms with Crippen LogP contribution in [0.5, 0.6) is 0 Å². The molecule has 0 aromatic heterocycles. The Morgan fingerprint density at radius 2 is 2.28 bits per heavy atom. The maximum Gasteiger partial charge on any atom is 0.130 e. The summed E-state index contributed by atoms with van der Waals surface area (Å²) in [5.41, 5.74) is -0.496. The Morgan fingerprint density at radius 1 is 1.50 bits per heavy atom. The van der Waals surface area contributed by atoms with Crippen molar-refractivity contribution >= 4 is 0 Å². The van der Waals surface area contributed by atoms with Crippen molar-refractivity contribution in [2.24, 2.45) is 0 Å². The second-order valence-corrected chi connectivity index (χ2v) is 4.80. The van der Waals surface area contributed by atoms with E-state index < -0.39 is 17.2 Å². The molecule has 18 heavy (non-hydrogen) atoms. The number of rotatable bonds is 4. The van der Waals surface area contributed by atoms with Crippen LogP contribution in [0.3, 0.4) is 0 Å². The first-order valence-corrected chi connectivity index (χ1v) is 5.99. The third-order valence-corrected chi connectivity index (χ3v) is 3.25. The zero-order valence-corrected chi connectivity index (χ0v) is 10.2. The molecule has 2 rings (SSSR count). The maximum absolute atomic E-state index is 13.5. The van der Waals surface area contributed by atoms with Gasteiger partial charge in [0.05, 0.1) is 6.61 Å². The number of halogens is 2. The zero-order chi connectivity index (χ0) is 13.2. The number of nitrogens with one attached hydrogen (secondary N) is 1. The highest BCUT2D eigenvalue weighted by atomic mass is 19.1. The van der Waals surface area contributed by atoms with Gasteiger partial charge in [0.25, 0.3) is 0 Å². The first-order chi connectivity index (χ1) is 8.50. The minimum atomic E-state index is -0.884. The molecule has 0 aliphatic carbocycles. The first-order valence-electron chi connectivity index (χ1n) is 5.99. The molecule has 0 bridgehead atoms. The topological polar surface area (TPSA) is 41.5 Å². The minimum Gasteiger partial charge on any atom is -0.386 e. The van der Waals surface area contributed by atoms with Gasteiger partial charge in [0.2, 0.25) is 0 Å².